The average Bonchev–Trinajstić information content (AvgIpc) is 3.19. The summed E-state index contributed by atoms with van der Waals surface area (Å²) >= 11 is 6.25. The lowest BCUT2D eigenvalue weighted by molar-refractivity contribution is 0.694. The minimum atomic E-state index is 0.720. The van der Waals surface area contributed by atoms with Gasteiger partial charge >= 0.3 is 0 Å². The highest BCUT2D eigenvalue weighted by molar-refractivity contribution is 6.35. The highest BCUT2D eigenvalue weighted by Crippen LogP contribution is 2.24. The zero-order chi connectivity index (χ0) is 17.1. The van der Waals surface area contributed by atoms with Crippen LogP contribution in [0.4, 0.5) is 0 Å². The van der Waals surface area contributed by atoms with Crippen LogP contribution in [0.1, 0.15) is 11.1 Å². The van der Waals surface area contributed by atoms with E-state index in [9.17, 15) is 0 Å². The zero-order valence-corrected chi connectivity index (χ0v) is 14.2. The summed E-state index contributed by atoms with van der Waals surface area (Å²) in [5.41, 5.74) is 4.25. The van der Waals surface area contributed by atoms with Crippen LogP contribution in [0.5, 0.6) is 0 Å². The highest BCUT2D eigenvalue weighted by atomic mass is 35.5. The molecule has 0 aliphatic heterocycles. The topological polar surface area (TPSA) is 55.6 Å². The van der Waals surface area contributed by atoms with E-state index >= 15 is 0 Å². The SMILES string of the molecule is Clc1ccc(CNCc2cccc(-n3cncn3)c2)c2ncccc12. The Morgan fingerprint density at radius 3 is 2.88 bits per heavy atom. The van der Waals surface area contributed by atoms with Crippen LogP contribution in [0.3, 0.4) is 0 Å². The number of aromatic nitrogens is 4. The van der Waals surface area contributed by atoms with Crippen molar-refractivity contribution in [1.29, 1.82) is 0 Å². The molecule has 5 nitrogen and oxygen atoms in total. The molecule has 0 radical (unpaired) electrons. The van der Waals surface area contributed by atoms with Crippen molar-refractivity contribution in [2.24, 2.45) is 0 Å². The van der Waals surface area contributed by atoms with Crippen molar-refractivity contribution >= 4 is 22.5 Å². The Hall–Kier alpha value is -2.76. The number of rotatable bonds is 5. The van der Waals surface area contributed by atoms with Crippen molar-refractivity contribution in [1.82, 2.24) is 25.1 Å². The van der Waals surface area contributed by atoms with Crippen LogP contribution >= 0.6 is 11.6 Å². The lowest BCUT2D eigenvalue weighted by Gasteiger charge is -2.10. The molecule has 4 rings (SSSR count). The molecule has 0 spiro atoms. The molecule has 4 aromatic rings. The summed E-state index contributed by atoms with van der Waals surface area (Å²) in [4.78, 5) is 8.46. The molecular formula is C19H16ClN5. The lowest BCUT2D eigenvalue weighted by atomic mass is 10.1. The van der Waals surface area contributed by atoms with Crippen LogP contribution in [0.15, 0.2) is 67.4 Å². The van der Waals surface area contributed by atoms with Crippen molar-refractivity contribution in [3.63, 3.8) is 0 Å². The van der Waals surface area contributed by atoms with Gasteiger partial charge in [0.05, 0.1) is 11.2 Å². The second kappa shape index (κ2) is 7.01. The average molecular weight is 350 g/mol. The first-order chi connectivity index (χ1) is 12.3. The summed E-state index contributed by atoms with van der Waals surface area (Å²) in [7, 11) is 0. The van der Waals surface area contributed by atoms with E-state index < -0.39 is 0 Å². The molecule has 2 heterocycles. The number of nitrogens with one attached hydrogen (secondary N) is 1. The summed E-state index contributed by atoms with van der Waals surface area (Å²) in [5, 5.41) is 9.35. The lowest BCUT2D eigenvalue weighted by Crippen LogP contribution is -2.13. The number of benzene rings is 2. The van der Waals surface area contributed by atoms with Gasteiger partial charge in [-0.3, -0.25) is 4.98 Å². The number of nitrogens with zero attached hydrogens (tertiary/aromatic N) is 4. The first-order valence-corrected chi connectivity index (χ1v) is 8.36. The molecule has 2 aromatic carbocycles. The van der Waals surface area contributed by atoms with Gasteiger partial charge in [0.15, 0.2) is 0 Å². The third kappa shape index (κ3) is 3.38. The van der Waals surface area contributed by atoms with Gasteiger partial charge < -0.3 is 5.32 Å². The minimum absolute atomic E-state index is 0.720. The second-order valence-corrected chi connectivity index (χ2v) is 6.13. The maximum absolute atomic E-state index is 6.25. The van der Waals surface area contributed by atoms with Gasteiger partial charge in [-0.15, -0.1) is 0 Å². The van der Waals surface area contributed by atoms with Gasteiger partial charge in [-0.1, -0.05) is 29.8 Å². The van der Waals surface area contributed by atoms with E-state index in [1.807, 2.05) is 36.4 Å². The molecule has 0 bridgehead atoms. The summed E-state index contributed by atoms with van der Waals surface area (Å²) in [6.45, 7) is 1.47. The Morgan fingerprint density at radius 1 is 1.04 bits per heavy atom. The molecule has 0 atom stereocenters. The van der Waals surface area contributed by atoms with Crippen LogP contribution in [0, 0.1) is 0 Å². The third-order valence-corrected chi connectivity index (χ3v) is 4.37. The molecule has 6 heteroatoms. The van der Waals surface area contributed by atoms with Gasteiger partial charge in [-0.2, -0.15) is 5.10 Å². The number of hydrogen-bond donors (Lipinski definition) is 1. The Bertz CT molecular complexity index is 998. The predicted molar refractivity (Wildman–Crippen MR) is 98.7 cm³/mol. The second-order valence-electron chi connectivity index (χ2n) is 5.72. The molecule has 0 unspecified atom stereocenters. The van der Waals surface area contributed by atoms with Crippen LogP contribution < -0.4 is 5.32 Å². The van der Waals surface area contributed by atoms with Crippen molar-refractivity contribution in [3.8, 4) is 5.69 Å². The van der Waals surface area contributed by atoms with Crippen molar-refractivity contribution in [2.75, 3.05) is 0 Å². The van der Waals surface area contributed by atoms with Crippen LogP contribution in [-0.4, -0.2) is 19.7 Å². The summed E-state index contributed by atoms with van der Waals surface area (Å²) in [6.07, 6.45) is 5.02. The van der Waals surface area contributed by atoms with E-state index in [0.29, 0.717) is 0 Å². The first kappa shape index (κ1) is 15.7. The van der Waals surface area contributed by atoms with Crippen molar-refractivity contribution < 1.29 is 0 Å². The molecule has 0 saturated carbocycles. The minimum Gasteiger partial charge on any atom is -0.309 e. The molecule has 0 amide bonds. The summed E-state index contributed by atoms with van der Waals surface area (Å²) in [5.74, 6) is 0. The van der Waals surface area contributed by atoms with Gasteiger partial charge in [0, 0.05) is 29.7 Å². The summed E-state index contributed by atoms with van der Waals surface area (Å²) in [6, 6.07) is 16.1. The van der Waals surface area contributed by atoms with Crippen LogP contribution in [-0.2, 0) is 13.1 Å². The maximum atomic E-state index is 6.25. The normalized spacial score (nSPS) is 11.1. The van der Waals surface area contributed by atoms with E-state index in [2.05, 4.69) is 32.5 Å². The Morgan fingerprint density at radius 2 is 2.00 bits per heavy atom. The quantitative estimate of drug-likeness (QED) is 0.596. The molecule has 0 aliphatic rings. The Labute approximate surface area is 150 Å². The van der Waals surface area contributed by atoms with Gasteiger partial charge in [0.1, 0.15) is 12.7 Å². The molecular weight excluding hydrogens is 334 g/mol. The van der Waals surface area contributed by atoms with Gasteiger partial charge in [-0.05, 0) is 41.5 Å². The Balaban J connectivity index is 1.48. The van der Waals surface area contributed by atoms with Gasteiger partial charge in [0.25, 0.3) is 0 Å². The van der Waals surface area contributed by atoms with Crippen LogP contribution in [0.2, 0.25) is 5.02 Å². The number of hydrogen-bond acceptors (Lipinski definition) is 4. The number of halogens is 1. The third-order valence-electron chi connectivity index (χ3n) is 4.04. The highest BCUT2D eigenvalue weighted by Gasteiger charge is 2.06. The fourth-order valence-corrected chi connectivity index (χ4v) is 3.05. The van der Waals surface area contributed by atoms with Crippen molar-refractivity contribution in [3.05, 3.63) is 83.5 Å². The van der Waals surface area contributed by atoms with Gasteiger partial charge in [-0.25, -0.2) is 9.67 Å². The maximum Gasteiger partial charge on any atom is 0.138 e. The van der Waals surface area contributed by atoms with Crippen molar-refractivity contribution in [2.45, 2.75) is 13.1 Å². The largest absolute Gasteiger partial charge is 0.309 e. The molecule has 2 aromatic heterocycles. The van der Waals surface area contributed by atoms with E-state index in [4.69, 9.17) is 11.6 Å². The molecule has 0 fully saturated rings. The summed E-state index contributed by atoms with van der Waals surface area (Å²) < 4.78 is 1.75. The van der Waals surface area contributed by atoms with Gasteiger partial charge in [0.2, 0.25) is 0 Å². The molecule has 0 aliphatic carbocycles. The van der Waals surface area contributed by atoms with E-state index in [-0.39, 0.29) is 0 Å². The Kier molecular flexibility index (Phi) is 4.41. The number of fused-ring (bicyclic) bond motifs is 1. The predicted octanol–water partition coefficient (Wildman–Crippen LogP) is 3.76. The van der Waals surface area contributed by atoms with Crippen LogP contribution in [0.25, 0.3) is 16.6 Å². The molecule has 124 valence electrons. The zero-order valence-electron chi connectivity index (χ0n) is 13.4. The standard InChI is InChI=1S/C19H16ClN5/c20-18-7-6-15(19-17(18)5-2-8-23-19)11-21-10-14-3-1-4-16(9-14)25-13-22-12-24-25/h1-9,12-13,21H,10-11H2. The smallest absolute Gasteiger partial charge is 0.138 e. The monoisotopic (exact) mass is 349 g/mol. The molecule has 1 N–H and O–H groups in total. The van der Waals surface area contributed by atoms with E-state index in [0.717, 1.165) is 40.3 Å². The van der Waals surface area contributed by atoms with E-state index in [1.165, 1.54) is 11.9 Å². The first-order valence-electron chi connectivity index (χ1n) is 7.98. The molecule has 0 saturated heterocycles. The fourth-order valence-electron chi connectivity index (χ4n) is 2.83. The number of pyridine rings is 1. The molecule has 25 heavy (non-hydrogen) atoms. The van der Waals surface area contributed by atoms with E-state index in [1.54, 1.807) is 17.2 Å². The fraction of sp³-hybridized carbons (Fsp3) is 0.105.